The van der Waals surface area contributed by atoms with E-state index in [9.17, 15) is 5.26 Å². The number of nitrogens with zero attached hydrogens (tertiary/aromatic N) is 1. The molecule has 2 rings (SSSR count). The van der Waals surface area contributed by atoms with Gasteiger partial charge in [-0.1, -0.05) is 43.1 Å². The number of rotatable bonds is 3. The Labute approximate surface area is 131 Å². The molecule has 0 saturated heterocycles. The Bertz CT molecular complexity index is 488. The van der Waals surface area contributed by atoms with Crippen molar-refractivity contribution in [1.82, 2.24) is 0 Å². The second-order valence-electron chi connectivity index (χ2n) is 6.35. The van der Waals surface area contributed by atoms with E-state index in [1.165, 1.54) is 0 Å². The minimum absolute atomic E-state index is 0.292. The molecule has 0 N–H and O–H groups in total. The van der Waals surface area contributed by atoms with Gasteiger partial charge in [0, 0.05) is 10.0 Å². The van der Waals surface area contributed by atoms with Crippen molar-refractivity contribution in [2.75, 3.05) is 0 Å². The van der Waals surface area contributed by atoms with E-state index in [0.29, 0.717) is 22.4 Å². The first-order chi connectivity index (χ1) is 9.47. The van der Waals surface area contributed by atoms with Crippen LogP contribution in [0.5, 0.6) is 0 Å². The summed E-state index contributed by atoms with van der Waals surface area (Å²) in [6, 6.07) is 8.12. The summed E-state index contributed by atoms with van der Waals surface area (Å²) in [5.41, 5.74) is 0.639. The number of benzene rings is 1. The van der Waals surface area contributed by atoms with Gasteiger partial charge in [-0.15, -0.1) is 0 Å². The van der Waals surface area contributed by atoms with Gasteiger partial charge in [0.1, 0.15) is 0 Å². The van der Waals surface area contributed by atoms with Crippen LogP contribution in [0.1, 0.15) is 45.1 Å². The Balaban J connectivity index is 2.17. The molecule has 108 valence electrons. The van der Waals surface area contributed by atoms with Crippen LogP contribution < -0.4 is 0 Å². The Morgan fingerprint density at radius 1 is 1.25 bits per heavy atom. The molecule has 0 radical (unpaired) electrons. The average molecular weight is 310 g/mol. The van der Waals surface area contributed by atoms with Crippen LogP contribution in [-0.4, -0.2) is 0 Å². The van der Waals surface area contributed by atoms with Crippen molar-refractivity contribution >= 4 is 23.2 Å². The molecule has 1 aromatic carbocycles. The molecule has 0 amide bonds. The van der Waals surface area contributed by atoms with Gasteiger partial charge in [0.15, 0.2) is 0 Å². The van der Waals surface area contributed by atoms with Gasteiger partial charge in [-0.3, -0.25) is 0 Å². The quantitative estimate of drug-likeness (QED) is 0.682. The highest BCUT2D eigenvalue weighted by atomic mass is 35.5. The van der Waals surface area contributed by atoms with Crippen molar-refractivity contribution in [3.63, 3.8) is 0 Å². The maximum absolute atomic E-state index is 9.67. The van der Waals surface area contributed by atoms with Crippen molar-refractivity contribution in [3.8, 4) is 6.07 Å². The first kappa shape index (κ1) is 15.7. The first-order valence-corrected chi connectivity index (χ1v) is 8.07. The van der Waals surface area contributed by atoms with Crippen LogP contribution in [0, 0.1) is 28.6 Å². The Morgan fingerprint density at radius 2 is 1.80 bits per heavy atom. The standard InChI is InChI=1S/C17H21Cl2N/c1-12(2)13-6-8-17(11-20,9-7-13)10-14-15(18)4-3-5-16(14)19/h3-5,12-13H,6-10H2,1-2H3. The van der Waals surface area contributed by atoms with E-state index < -0.39 is 0 Å². The summed E-state index contributed by atoms with van der Waals surface area (Å²) in [5.74, 6) is 1.45. The van der Waals surface area contributed by atoms with Gasteiger partial charge in [0.25, 0.3) is 0 Å². The van der Waals surface area contributed by atoms with Crippen LogP contribution in [0.25, 0.3) is 0 Å². The molecule has 0 spiro atoms. The van der Waals surface area contributed by atoms with E-state index in [4.69, 9.17) is 23.2 Å². The van der Waals surface area contributed by atoms with Gasteiger partial charge in [-0.25, -0.2) is 0 Å². The summed E-state index contributed by atoms with van der Waals surface area (Å²) >= 11 is 12.5. The minimum atomic E-state index is -0.292. The van der Waals surface area contributed by atoms with Crippen LogP contribution in [-0.2, 0) is 6.42 Å². The second kappa shape index (κ2) is 6.37. The van der Waals surface area contributed by atoms with Crippen LogP contribution >= 0.6 is 23.2 Å². The summed E-state index contributed by atoms with van der Waals surface area (Å²) in [5, 5.41) is 11.0. The molecule has 0 unspecified atom stereocenters. The molecule has 1 fully saturated rings. The third kappa shape index (κ3) is 3.30. The average Bonchev–Trinajstić information content (AvgIpc) is 2.43. The van der Waals surface area contributed by atoms with Gasteiger partial charge < -0.3 is 0 Å². The summed E-state index contributed by atoms with van der Waals surface area (Å²) in [7, 11) is 0. The molecule has 0 aromatic heterocycles. The van der Waals surface area contributed by atoms with E-state index in [0.717, 1.165) is 37.2 Å². The smallest absolute Gasteiger partial charge is 0.0693 e. The van der Waals surface area contributed by atoms with Crippen LogP contribution in [0.2, 0.25) is 10.0 Å². The molecule has 20 heavy (non-hydrogen) atoms. The maximum atomic E-state index is 9.67. The normalized spacial score (nSPS) is 26.5. The lowest BCUT2D eigenvalue weighted by atomic mass is 9.66. The highest BCUT2D eigenvalue weighted by Crippen LogP contribution is 2.44. The molecule has 1 nitrogen and oxygen atoms in total. The van der Waals surface area contributed by atoms with Crippen LogP contribution in [0.3, 0.4) is 0 Å². The number of hydrogen-bond acceptors (Lipinski definition) is 1. The molecular weight excluding hydrogens is 289 g/mol. The SMILES string of the molecule is CC(C)C1CCC(C#N)(Cc2c(Cl)cccc2Cl)CC1. The topological polar surface area (TPSA) is 23.8 Å². The second-order valence-corrected chi connectivity index (χ2v) is 7.16. The Kier molecular flexibility index (Phi) is 4.99. The fourth-order valence-corrected chi connectivity index (χ4v) is 3.76. The largest absolute Gasteiger partial charge is 0.198 e. The highest BCUT2D eigenvalue weighted by molar-refractivity contribution is 6.36. The zero-order valence-electron chi connectivity index (χ0n) is 12.1. The van der Waals surface area contributed by atoms with Crippen molar-refractivity contribution < 1.29 is 0 Å². The van der Waals surface area contributed by atoms with Crippen molar-refractivity contribution in [2.24, 2.45) is 17.3 Å². The predicted molar refractivity (Wildman–Crippen MR) is 85.0 cm³/mol. The van der Waals surface area contributed by atoms with Gasteiger partial charge >= 0.3 is 0 Å². The van der Waals surface area contributed by atoms with Crippen molar-refractivity contribution in [1.29, 1.82) is 5.26 Å². The maximum Gasteiger partial charge on any atom is 0.0693 e. The Hall–Kier alpha value is -0.710. The fourth-order valence-electron chi connectivity index (χ4n) is 3.23. The first-order valence-electron chi connectivity index (χ1n) is 7.31. The van der Waals surface area contributed by atoms with E-state index >= 15 is 0 Å². The molecule has 1 saturated carbocycles. The van der Waals surface area contributed by atoms with Crippen molar-refractivity contribution in [2.45, 2.75) is 46.0 Å². The van der Waals surface area contributed by atoms with Crippen LogP contribution in [0.4, 0.5) is 0 Å². The van der Waals surface area contributed by atoms with E-state index in [1.54, 1.807) is 0 Å². The molecule has 0 heterocycles. The highest BCUT2D eigenvalue weighted by Gasteiger charge is 2.37. The minimum Gasteiger partial charge on any atom is -0.198 e. The molecule has 1 aliphatic rings. The third-order valence-electron chi connectivity index (χ3n) is 4.74. The van der Waals surface area contributed by atoms with Gasteiger partial charge in [-0.05, 0) is 61.6 Å². The fraction of sp³-hybridized carbons (Fsp3) is 0.588. The van der Waals surface area contributed by atoms with Crippen molar-refractivity contribution in [3.05, 3.63) is 33.8 Å². The Morgan fingerprint density at radius 3 is 2.25 bits per heavy atom. The monoisotopic (exact) mass is 309 g/mol. The molecular formula is C17H21Cl2N. The number of nitriles is 1. The van der Waals surface area contributed by atoms with Gasteiger partial charge in [0.2, 0.25) is 0 Å². The van der Waals surface area contributed by atoms with Crippen LogP contribution in [0.15, 0.2) is 18.2 Å². The number of halogens is 2. The number of hydrogen-bond donors (Lipinski definition) is 0. The molecule has 1 aromatic rings. The molecule has 0 aliphatic heterocycles. The zero-order valence-corrected chi connectivity index (χ0v) is 13.6. The molecule has 0 atom stereocenters. The summed E-state index contributed by atoms with van der Waals surface area (Å²) in [4.78, 5) is 0. The summed E-state index contributed by atoms with van der Waals surface area (Å²) in [6.45, 7) is 4.55. The predicted octanol–water partition coefficient (Wildman–Crippen LogP) is 5.89. The van der Waals surface area contributed by atoms with E-state index in [-0.39, 0.29) is 5.41 Å². The lowest BCUT2D eigenvalue weighted by molar-refractivity contribution is 0.175. The van der Waals surface area contributed by atoms with E-state index in [2.05, 4.69) is 19.9 Å². The third-order valence-corrected chi connectivity index (χ3v) is 5.45. The molecule has 1 aliphatic carbocycles. The lowest BCUT2D eigenvalue weighted by Gasteiger charge is -2.37. The van der Waals surface area contributed by atoms with Gasteiger partial charge in [-0.2, -0.15) is 5.26 Å². The van der Waals surface area contributed by atoms with Gasteiger partial charge in [0.05, 0.1) is 11.5 Å². The molecule has 0 bridgehead atoms. The summed E-state index contributed by atoms with van der Waals surface area (Å²) in [6.07, 6.45) is 4.84. The molecule has 3 heteroatoms. The van der Waals surface area contributed by atoms with E-state index in [1.807, 2.05) is 18.2 Å². The summed E-state index contributed by atoms with van der Waals surface area (Å²) < 4.78 is 0. The zero-order chi connectivity index (χ0) is 14.8. The lowest BCUT2D eigenvalue weighted by Crippen LogP contribution is -2.30.